The number of rotatable bonds is 10. The van der Waals surface area contributed by atoms with Gasteiger partial charge in [-0.05, 0) is 37.4 Å². The van der Waals surface area contributed by atoms with Gasteiger partial charge >= 0.3 is 12.1 Å². The minimum Gasteiger partial charge on any atom is -0.426 e. The summed E-state index contributed by atoms with van der Waals surface area (Å²) in [6, 6.07) is -0.714. The van der Waals surface area contributed by atoms with Gasteiger partial charge in [-0.2, -0.15) is 0 Å². The molecule has 2 aliphatic rings. The molecule has 0 aliphatic carbocycles. The van der Waals surface area contributed by atoms with Crippen molar-refractivity contribution in [2.75, 3.05) is 19.3 Å². The number of aliphatic hydroxyl groups excluding tert-OH is 3. The second kappa shape index (κ2) is 14.4. The van der Waals surface area contributed by atoms with Crippen LogP contribution in [-0.4, -0.2) is 99.7 Å². The Labute approximate surface area is 217 Å². The van der Waals surface area contributed by atoms with Crippen LogP contribution in [-0.2, 0) is 23.8 Å². The van der Waals surface area contributed by atoms with Crippen LogP contribution in [0.4, 0.5) is 4.79 Å². The first-order valence-corrected chi connectivity index (χ1v) is 13.9. The first-order valence-electron chi connectivity index (χ1n) is 12.6. The molecule has 9 atom stereocenters. The van der Waals surface area contributed by atoms with Crippen LogP contribution in [0.25, 0.3) is 0 Å². The minimum atomic E-state index is -1.31. The lowest BCUT2D eigenvalue weighted by Crippen LogP contribution is -2.57. The van der Waals surface area contributed by atoms with Crippen molar-refractivity contribution in [3.05, 3.63) is 0 Å². The van der Waals surface area contributed by atoms with Crippen molar-refractivity contribution in [3.8, 4) is 0 Å². The molecule has 2 rings (SSSR count). The van der Waals surface area contributed by atoms with E-state index in [9.17, 15) is 29.7 Å². The Morgan fingerprint density at radius 1 is 1.14 bits per heavy atom. The second-order valence-corrected chi connectivity index (χ2v) is 10.7. The quantitative estimate of drug-likeness (QED) is 0.238. The fourth-order valence-corrected chi connectivity index (χ4v) is 5.52. The smallest absolute Gasteiger partial charge is 0.413 e. The molecule has 2 saturated heterocycles. The van der Waals surface area contributed by atoms with Gasteiger partial charge in [0.15, 0.2) is 0 Å². The number of nitrogens with zero attached hydrogens (tertiary/aromatic N) is 1. The Hall–Kier alpha value is -1.60. The zero-order chi connectivity index (χ0) is 27.0. The van der Waals surface area contributed by atoms with E-state index in [2.05, 4.69) is 12.2 Å². The highest BCUT2D eigenvalue weighted by molar-refractivity contribution is 7.99. The molecule has 208 valence electrons. The number of likely N-dealkylation sites (tertiary alicyclic amines) is 1. The molecule has 4 N–H and O–H groups in total. The maximum absolute atomic E-state index is 13.2. The summed E-state index contributed by atoms with van der Waals surface area (Å²) in [5, 5.41) is 33.4. The lowest BCUT2D eigenvalue weighted by molar-refractivity contribution is -0.201. The van der Waals surface area contributed by atoms with Crippen LogP contribution in [0.1, 0.15) is 59.8 Å². The molecular formula is C24H42N2O9S. The van der Waals surface area contributed by atoms with Gasteiger partial charge in [0, 0.05) is 26.9 Å². The fourth-order valence-electron chi connectivity index (χ4n) is 4.82. The summed E-state index contributed by atoms with van der Waals surface area (Å²) in [6.07, 6.45) is -0.885. The third-order valence-corrected chi connectivity index (χ3v) is 7.56. The van der Waals surface area contributed by atoms with Crippen LogP contribution in [0.5, 0.6) is 0 Å². The highest BCUT2D eigenvalue weighted by Crippen LogP contribution is 2.30. The summed E-state index contributed by atoms with van der Waals surface area (Å²) in [5.74, 6) is -0.682. The molecule has 0 aromatic heterocycles. The molecule has 0 saturated carbocycles. The maximum atomic E-state index is 13.2. The summed E-state index contributed by atoms with van der Waals surface area (Å²) in [7, 11) is 0. The topological polar surface area (TPSA) is 155 Å². The molecule has 0 bridgehead atoms. The third-order valence-electron chi connectivity index (χ3n) is 6.70. The predicted molar refractivity (Wildman–Crippen MR) is 133 cm³/mol. The summed E-state index contributed by atoms with van der Waals surface area (Å²) >= 11 is 1.25. The number of carbonyl (C=O) groups excluding carboxylic acids is 3. The van der Waals surface area contributed by atoms with Crippen molar-refractivity contribution in [3.63, 3.8) is 0 Å². The van der Waals surface area contributed by atoms with Gasteiger partial charge in [0.05, 0.1) is 6.10 Å². The first-order chi connectivity index (χ1) is 17.0. The van der Waals surface area contributed by atoms with Gasteiger partial charge in [-0.3, -0.25) is 14.5 Å². The largest absolute Gasteiger partial charge is 0.426 e. The van der Waals surface area contributed by atoms with Crippen molar-refractivity contribution >= 4 is 29.7 Å². The Morgan fingerprint density at radius 3 is 2.44 bits per heavy atom. The van der Waals surface area contributed by atoms with Gasteiger partial charge in [0.1, 0.15) is 29.8 Å². The Balaban J connectivity index is 1.98. The standard InChI is InChI=1S/C24H42N2O9S/c1-6-7-16-8-9-26(24(32)34-15(4)33-14(3)27)17(11-16)22(31)25-12-13(2)10-18-19(28)20(29)21(30)23(35-18)36-5/h13,15-21,23,28-30H,6-12H2,1-5H3,(H,25,31). The molecule has 2 aliphatic heterocycles. The van der Waals surface area contributed by atoms with E-state index in [0.29, 0.717) is 25.3 Å². The molecule has 2 heterocycles. The fraction of sp³-hybridized carbons (Fsp3) is 0.875. The van der Waals surface area contributed by atoms with Gasteiger partial charge in [0.25, 0.3) is 0 Å². The van der Waals surface area contributed by atoms with E-state index in [1.807, 2.05) is 6.92 Å². The summed E-state index contributed by atoms with van der Waals surface area (Å²) < 4.78 is 15.9. The van der Waals surface area contributed by atoms with Crippen LogP contribution in [0.15, 0.2) is 0 Å². The molecule has 0 radical (unpaired) electrons. The average molecular weight is 535 g/mol. The Morgan fingerprint density at radius 2 is 1.83 bits per heavy atom. The van der Waals surface area contributed by atoms with Crippen LogP contribution in [0.2, 0.25) is 0 Å². The Bertz CT molecular complexity index is 740. The molecule has 12 heteroatoms. The van der Waals surface area contributed by atoms with Crippen molar-refractivity contribution in [1.29, 1.82) is 0 Å². The van der Waals surface area contributed by atoms with Gasteiger partial charge in [0.2, 0.25) is 12.2 Å². The maximum Gasteiger partial charge on any atom is 0.413 e. The number of esters is 1. The number of thioether (sulfide) groups is 1. The number of hydrogen-bond donors (Lipinski definition) is 4. The van der Waals surface area contributed by atoms with E-state index < -0.39 is 54.2 Å². The molecular weight excluding hydrogens is 492 g/mol. The number of ether oxygens (including phenoxy) is 3. The molecule has 36 heavy (non-hydrogen) atoms. The first kappa shape index (κ1) is 30.6. The molecule has 9 unspecified atom stereocenters. The summed E-state index contributed by atoms with van der Waals surface area (Å²) in [6.45, 7) is 7.27. The van der Waals surface area contributed by atoms with E-state index in [1.54, 1.807) is 6.26 Å². The lowest BCUT2D eigenvalue weighted by atomic mass is 9.87. The second-order valence-electron chi connectivity index (χ2n) is 9.79. The van der Waals surface area contributed by atoms with E-state index in [-0.39, 0.29) is 18.4 Å². The van der Waals surface area contributed by atoms with E-state index in [4.69, 9.17) is 14.2 Å². The minimum absolute atomic E-state index is 0.113. The number of carbonyl (C=O) groups is 3. The molecule has 2 fully saturated rings. The third kappa shape index (κ3) is 8.47. The van der Waals surface area contributed by atoms with Gasteiger partial charge < -0.3 is 34.8 Å². The van der Waals surface area contributed by atoms with E-state index in [0.717, 1.165) is 19.3 Å². The van der Waals surface area contributed by atoms with Crippen molar-refractivity contribution in [2.24, 2.45) is 11.8 Å². The molecule has 0 aromatic rings. The molecule has 11 nitrogen and oxygen atoms in total. The Kier molecular flexibility index (Phi) is 12.2. The van der Waals surface area contributed by atoms with Gasteiger partial charge in [-0.15, -0.1) is 11.8 Å². The molecule has 0 spiro atoms. The van der Waals surface area contributed by atoms with Crippen LogP contribution in [0, 0.1) is 11.8 Å². The van der Waals surface area contributed by atoms with Gasteiger partial charge in [-0.1, -0.05) is 26.7 Å². The van der Waals surface area contributed by atoms with E-state index >= 15 is 0 Å². The van der Waals surface area contributed by atoms with Crippen LogP contribution < -0.4 is 5.32 Å². The molecule has 0 aromatic carbocycles. The van der Waals surface area contributed by atoms with Gasteiger partial charge in [-0.25, -0.2) is 4.79 Å². The van der Waals surface area contributed by atoms with Crippen molar-refractivity contribution in [2.45, 2.75) is 102 Å². The highest BCUT2D eigenvalue weighted by atomic mass is 32.2. The SMILES string of the molecule is CCCC1CCN(C(=O)OC(C)OC(C)=O)C(C(=O)NCC(C)CC2OC(SC)C(O)C(O)C2O)C1. The van der Waals surface area contributed by atoms with Crippen molar-refractivity contribution < 1.29 is 43.9 Å². The monoisotopic (exact) mass is 534 g/mol. The number of amides is 2. The van der Waals surface area contributed by atoms with Crippen molar-refractivity contribution in [1.82, 2.24) is 10.2 Å². The number of aliphatic hydroxyl groups is 3. The normalized spacial score (nSPS) is 32.3. The summed E-state index contributed by atoms with van der Waals surface area (Å²) in [4.78, 5) is 38.5. The highest BCUT2D eigenvalue weighted by Gasteiger charge is 2.44. The number of piperidine rings is 1. The zero-order valence-electron chi connectivity index (χ0n) is 21.8. The average Bonchev–Trinajstić information content (AvgIpc) is 2.82. The lowest BCUT2D eigenvalue weighted by Gasteiger charge is -2.41. The number of hydrogen-bond acceptors (Lipinski definition) is 10. The van der Waals surface area contributed by atoms with Crippen LogP contribution in [0.3, 0.4) is 0 Å². The predicted octanol–water partition coefficient (Wildman–Crippen LogP) is 1.23. The molecule has 2 amide bonds. The van der Waals surface area contributed by atoms with E-state index in [1.165, 1.54) is 30.5 Å². The summed E-state index contributed by atoms with van der Waals surface area (Å²) in [5.41, 5.74) is -0.651. The number of nitrogens with one attached hydrogen (secondary N) is 1. The van der Waals surface area contributed by atoms with Crippen LogP contribution >= 0.6 is 11.8 Å². The zero-order valence-corrected chi connectivity index (χ0v) is 22.6.